The molecule has 152 valence electrons. The van der Waals surface area contributed by atoms with Crippen LogP contribution < -0.4 is 11.0 Å². The second-order valence-electron chi connectivity index (χ2n) is 6.93. The number of ether oxygens (including phenoxy) is 1. The number of nitrogens with one attached hydrogen (secondary N) is 1. The predicted molar refractivity (Wildman–Crippen MR) is 112 cm³/mol. The van der Waals surface area contributed by atoms with Gasteiger partial charge >= 0.3 is 11.7 Å². The molecule has 0 saturated carbocycles. The van der Waals surface area contributed by atoms with Crippen LogP contribution in [0.4, 0.5) is 5.69 Å². The SMILES string of the molecule is CCn1c(=O)n(CCC(=O)OCC(=O)Nc2ccc(C)c(C)c2)c2ccccc21. The highest BCUT2D eigenvalue weighted by Gasteiger charge is 2.14. The first-order valence-corrected chi connectivity index (χ1v) is 9.61. The van der Waals surface area contributed by atoms with E-state index in [1.54, 1.807) is 15.2 Å². The molecule has 1 aromatic heterocycles. The molecule has 1 heterocycles. The highest BCUT2D eigenvalue weighted by atomic mass is 16.5. The van der Waals surface area contributed by atoms with Gasteiger partial charge in [0, 0.05) is 18.8 Å². The maximum atomic E-state index is 12.6. The average molecular weight is 395 g/mol. The molecule has 0 aliphatic rings. The highest BCUT2D eigenvalue weighted by Crippen LogP contribution is 2.14. The standard InChI is InChI=1S/C22H25N3O4/c1-4-24-18-7-5-6-8-19(18)25(22(24)28)12-11-21(27)29-14-20(26)23-17-10-9-15(2)16(3)13-17/h5-10,13H,4,11-12,14H2,1-3H3,(H,23,26). The topological polar surface area (TPSA) is 82.3 Å². The molecule has 0 aliphatic carbocycles. The molecule has 1 amide bonds. The minimum Gasteiger partial charge on any atom is -0.456 e. The number of fused-ring (bicyclic) bond motifs is 1. The van der Waals surface area contributed by atoms with Gasteiger partial charge in [-0.05, 0) is 56.2 Å². The molecule has 0 unspecified atom stereocenters. The first-order valence-electron chi connectivity index (χ1n) is 9.61. The smallest absolute Gasteiger partial charge is 0.329 e. The number of hydrogen-bond donors (Lipinski definition) is 1. The third-order valence-electron chi connectivity index (χ3n) is 4.94. The van der Waals surface area contributed by atoms with Crippen molar-refractivity contribution in [1.29, 1.82) is 0 Å². The molecule has 3 aromatic rings. The molecule has 0 saturated heterocycles. The molecule has 1 N–H and O–H groups in total. The van der Waals surface area contributed by atoms with Crippen molar-refractivity contribution >= 4 is 28.6 Å². The van der Waals surface area contributed by atoms with E-state index in [4.69, 9.17) is 4.74 Å². The Labute approximate surface area is 168 Å². The summed E-state index contributed by atoms with van der Waals surface area (Å²) in [5.41, 5.74) is 4.31. The van der Waals surface area contributed by atoms with Gasteiger partial charge < -0.3 is 10.1 Å². The van der Waals surface area contributed by atoms with E-state index in [9.17, 15) is 14.4 Å². The fourth-order valence-corrected chi connectivity index (χ4v) is 3.23. The second kappa shape index (κ2) is 8.77. The number of imidazole rings is 1. The normalized spacial score (nSPS) is 10.9. The summed E-state index contributed by atoms with van der Waals surface area (Å²) in [5, 5.41) is 2.71. The number of para-hydroxylation sites is 2. The molecule has 0 bridgehead atoms. The van der Waals surface area contributed by atoms with Crippen LogP contribution in [-0.4, -0.2) is 27.6 Å². The minimum atomic E-state index is -0.527. The summed E-state index contributed by atoms with van der Waals surface area (Å²) in [7, 11) is 0. The Hall–Kier alpha value is -3.35. The summed E-state index contributed by atoms with van der Waals surface area (Å²) < 4.78 is 8.29. The van der Waals surface area contributed by atoms with Crippen molar-refractivity contribution in [2.75, 3.05) is 11.9 Å². The van der Waals surface area contributed by atoms with Crippen molar-refractivity contribution in [3.63, 3.8) is 0 Å². The lowest BCUT2D eigenvalue weighted by molar-refractivity contribution is -0.147. The van der Waals surface area contributed by atoms with Crippen LogP contribution in [0, 0.1) is 13.8 Å². The van der Waals surface area contributed by atoms with Gasteiger partial charge in [-0.15, -0.1) is 0 Å². The molecule has 29 heavy (non-hydrogen) atoms. The van der Waals surface area contributed by atoms with Crippen LogP contribution in [0.25, 0.3) is 11.0 Å². The van der Waals surface area contributed by atoms with Crippen molar-refractivity contribution in [3.05, 3.63) is 64.1 Å². The van der Waals surface area contributed by atoms with Gasteiger partial charge in [-0.1, -0.05) is 18.2 Å². The zero-order valence-corrected chi connectivity index (χ0v) is 16.9. The molecule has 0 spiro atoms. The van der Waals surface area contributed by atoms with Crippen molar-refractivity contribution in [2.24, 2.45) is 0 Å². The van der Waals surface area contributed by atoms with E-state index < -0.39 is 11.9 Å². The van der Waals surface area contributed by atoms with Gasteiger partial charge in [-0.3, -0.25) is 18.7 Å². The summed E-state index contributed by atoms with van der Waals surface area (Å²) in [4.78, 5) is 36.6. The Morgan fingerprint density at radius 1 is 1.00 bits per heavy atom. The van der Waals surface area contributed by atoms with Crippen LogP contribution in [0.1, 0.15) is 24.5 Å². The summed E-state index contributed by atoms with van der Waals surface area (Å²) in [6.07, 6.45) is 0.00848. The summed E-state index contributed by atoms with van der Waals surface area (Å²) in [6.45, 7) is 6.24. The average Bonchev–Trinajstić information content (AvgIpc) is 2.98. The van der Waals surface area contributed by atoms with Crippen molar-refractivity contribution in [1.82, 2.24) is 9.13 Å². The lowest BCUT2D eigenvalue weighted by Crippen LogP contribution is -2.26. The first-order chi connectivity index (χ1) is 13.9. The number of nitrogens with zero attached hydrogens (tertiary/aromatic N) is 2. The van der Waals surface area contributed by atoms with E-state index in [2.05, 4.69) is 5.32 Å². The van der Waals surface area contributed by atoms with Gasteiger partial charge in [0.2, 0.25) is 0 Å². The van der Waals surface area contributed by atoms with Crippen molar-refractivity contribution in [3.8, 4) is 0 Å². The third kappa shape index (κ3) is 4.56. The number of anilines is 1. The lowest BCUT2D eigenvalue weighted by Gasteiger charge is -2.09. The second-order valence-corrected chi connectivity index (χ2v) is 6.93. The maximum absolute atomic E-state index is 12.6. The molecule has 3 rings (SSSR count). The number of carbonyl (C=O) groups is 2. The number of aromatic nitrogens is 2. The number of benzene rings is 2. The van der Waals surface area contributed by atoms with E-state index in [0.717, 1.165) is 22.2 Å². The molecule has 0 radical (unpaired) electrons. The van der Waals surface area contributed by atoms with E-state index in [1.807, 2.05) is 57.2 Å². The number of rotatable bonds is 7. The van der Waals surface area contributed by atoms with Gasteiger partial charge in [0.15, 0.2) is 6.61 Å². The third-order valence-corrected chi connectivity index (χ3v) is 4.94. The Kier molecular flexibility index (Phi) is 6.16. The quantitative estimate of drug-likeness (QED) is 0.624. The molecule has 2 aromatic carbocycles. The molecular weight excluding hydrogens is 370 g/mol. The Bertz CT molecular complexity index is 1110. The van der Waals surface area contributed by atoms with Gasteiger partial charge in [-0.25, -0.2) is 4.79 Å². The Balaban J connectivity index is 1.56. The van der Waals surface area contributed by atoms with Crippen LogP contribution >= 0.6 is 0 Å². The minimum absolute atomic E-state index is 0.00848. The number of carbonyl (C=O) groups excluding carboxylic acids is 2. The van der Waals surface area contributed by atoms with Crippen LogP contribution in [-0.2, 0) is 27.4 Å². The number of hydrogen-bond acceptors (Lipinski definition) is 4. The Morgan fingerprint density at radius 2 is 1.69 bits per heavy atom. The molecule has 0 atom stereocenters. The van der Waals surface area contributed by atoms with Gasteiger partial charge in [0.25, 0.3) is 5.91 Å². The fourth-order valence-electron chi connectivity index (χ4n) is 3.23. The van der Waals surface area contributed by atoms with E-state index in [-0.39, 0.29) is 25.3 Å². The molecular formula is C22H25N3O4. The van der Waals surface area contributed by atoms with Crippen molar-refractivity contribution in [2.45, 2.75) is 40.3 Å². The van der Waals surface area contributed by atoms with Crippen LogP contribution in [0.15, 0.2) is 47.3 Å². The first kappa shape index (κ1) is 20.4. The number of aryl methyl sites for hydroxylation is 4. The van der Waals surface area contributed by atoms with Gasteiger partial charge in [0.05, 0.1) is 17.5 Å². The monoisotopic (exact) mass is 395 g/mol. The van der Waals surface area contributed by atoms with Crippen LogP contribution in [0.3, 0.4) is 0 Å². The molecule has 7 nitrogen and oxygen atoms in total. The highest BCUT2D eigenvalue weighted by molar-refractivity contribution is 5.92. The van der Waals surface area contributed by atoms with Crippen molar-refractivity contribution < 1.29 is 14.3 Å². The predicted octanol–water partition coefficient (Wildman–Crippen LogP) is 3.01. The maximum Gasteiger partial charge on any atom is 0.329 e. The summed E-state index contributed by atoms with van der Waals surface area (Å²) in [5.74, 6) is -0.929. The van der Waals surface area contributed by atoms with Gasteiger partial charge in [-0.2, -0.15) is 0 Å². The zero-order valence-electron chi connectivity index (χ0n) is 16.9. The molecule has 7 heteroatoms. The van der Waals surface area contributed by atoms with E-state index in [1.165, 1.54) is 0 Å². The zero-order chi connectivity index (χ0) is 21.0. The fraction of sp³-hybridized carbons (Fsp3) is 0.318. The van der Waals surface area contributed by atoms with Crippen LogP contribution in [0.5, 0.6) is 0 Å². The number of amides is 1. The van der Waals surface area contributed by atoms with Gasteiger partial charge in [0.1, 0.15) is 0 Å². The molecule has 0 aliphatic heterocycles. The summed E-state index contributed by atoms with van der Waals surface area (Å²) >= 11 is 0. The lowest BCUT2D eigenvalue weighted by atomic mass is 10.1. The van der Waals surface area contributed by atoms with E-state index >= 15 is 0 Å². The largest absolute Gasteiger partial charge is 0.456 e. The Morgan fingerprint density at radius 3 is 2.34 bits per heavy atom. The summed E-state index contributed by atoms with van der Waals surface area (Å²) in [6, 6.07) is 13.1. The number of esters is 1. The van der Waals surface area contributed by atoms with Crippen LogP contribution in [0.2, 0.25) is 0 Å². The molecule has 0 fully saturated rings. The van der Waals surface area contributed by atoms with E-state index in [0.29, 0.717) is 12.2 Å².